The van der Waals surface area contributed by atoms with Crippen molar-refractivity contribution in [3.63, 3.8) is 0 Å². The lowest BCUT2D eigenvalue weighted by Gasteiger charge is -2.25. The molecule has 1 aromatic heterocycles. The molecule has 0 fully saturated rings. The minimum absolute atomic E-state index is 0.00449. The molecule has 0 unspecified atom stereocenters. The number of likely N-dealkylation sites (N-methyl/N-ethyl adjacent to an activating group) is 1. The number of hydrogen-bond acceptors (Lipinski definition) is 6. The summed E-state index contributed by atoms with van der Waals surface area (Å²) in [7, 11) is -1.48. The molecular formula is C9H9NO5S2. The van der Waals surface area contributed by atoms with Gasteiger partial charge in [0.2, 0.25) is 0 Å². The average molecular weight is 275 g/mol. The van der Waals surface area contributed by atoms with Gasteiger partial charge in [0.25, 0.3) is 10.0 Å². The molecule has 0 aromatic carbocycles. The van der Waals surface area contributed by atoms with Crippen LogP contribution in [0.15, 0.2) is 21.4 Å². The Morgan fingerprint density at radius 1 is 1.47 bits per heavy atom. The predicted molar refractivity (Wildman–Crippen MR) is 60.8 cm³/mol. The van der Waals surface area contributed by atoms with Crippen molar-refractivity contribution in [2.75, 3.05) is 14.2 Å². The highest BCUT2D eigenvalue weighted by molar-refractivity contribution is 7.89. The van der Waals surface area contributed by atoms with E-state index in [4.69, 9.17) is 0 Å². The summed E-state index contributed by atoms with van der Waals surface area (Å²) < 4.78 is 29.2. The van der Waals surface area contributed by atoms with Crippen molar-refractivity contribution in [1.82, 2.24) is 4.31 Å². The van der Waals surface area contributed by atoms with Gasteiger partial charge in [-0.05, 0) is 0 Å². The van der Waals surface area contributed by atoms with E-state index in [1.807, 2.05) is 0 Å². The van der Waals surface area contributed by atoms with Crippen molar-refractivity contribution < 1.29 is 23.1 Å². The van der Waals surface area contributed by atoms with Crippen LogP contribution < -0.4 is 0 Å². The number of fused-ring (bicyclic) bond motifs is 1. The van der Waals surface area contributed by atoms with Crippen LogP contribution in [0.5, 0.6) is 0 Å². The predicted octanol–water partition coefficient (Wildman–Crippen LogP) is 0.782. The molecule has 1 N–H and O–H groups in total. The molecule has 92 valence electrons. The summed E-state index contributed by atoms with van der Waals surface area (Å²) in [5, 5.41) is 12.8. The number of methoxy groups -OCH3 is 1. The molecule has 0 radical (unpaired) electrons. The number of nitrogens with zero attached hydrogens (tertiary/aromatic N) is 1. The third-order valence-electron chi connectivity index (χ3n) is 2.44. The van der Waals surface area contributed by atoms with E-state index in [9.17, 15) is 18.3 Å². The number of aliphatic hydroxyl groups excluding tert-OH is 1. The lowest BCUT2D eigenvalue weighted by Crippen LogP contribution is -2.35. The van der Waals surface area contributed by atoms with Crippen molar-refractivity contribution >= 4 is 33.1 Å². The number of esters is 1. The quantitative estimate of drug-likeness (QED) is 0.766. The Kier molecular flexibility index (Phi) is 2.63. The topological polar surface area (TPSA) is 83.9 Å². The smallest absolute Gasteiger partial charge is 0.359 e. The number of ether oxygens (including phenoxy) is 1. The molecule has 0 aliphatic carbocycles. The largest absolute Gasteiger partial charge is 0.505 e. The zero-order valence-electron chi connectivity index (χ0n) is 9.00. The third kappa shape index (κ3) is 1.52. The first-order valence-electron chi connectivity index (χ1n) is 4.48. The Labute approximate surface area is 102 Å². The van der Waals surface area contributed by atoms with E-state index >= 15 is 0 Å². The standard InChI is InChI=1S/C9H9NO5S2/c1-10-7(9(12)15-2)8(11)5-3-16-4-6(5)17(10,13)14/h3-4,11H,1-2H3. The average Bonchev–Trinajstić information content (AvgIpc) is 2.76. The van der Waals surface area contributed by atoms with Gasteiger partial charge < -0.3 is 9.84 Å². The molecule has 2 rings (SSSR count). The normalized spacial score (nSPS) is 17.9. The van der Waals surface area contributed by atoms with Crippen LogP contribution in [-0.2, 0) is 19.6 Å². The zero-order valence-corrected chi connectivity index (χ0v) is 10.6. The van der Waals surface area contributed by atoms with E-state index in [1.165, 1.54) is 17.8 Å². The van der Waals surface area contributed by atoms with Crippen molar-refractivity contribution in [3.8, 4) is 0 Å². The van der Waals surface area contributed by atoms with Gasteiger partial charge in [0.05, 0.1) is 12.7 Å². The van der Waals surface area contributed by atoms with Gasteiger partial charge in [-0.25, -0.2) is 13.2 Å². The Morgan fingerprint density at radius 3 is 2.71 bits per heavy atom. The van der Waals surface area contributed by atoms with Crippen molar-refractivity contribution in [1.29, 1.82) is 0 Å². The van der Waals surface area contributed by atoms with Crippen molar-refractivity contribution in [2.24, 2.45) is 0 Å². The Bertz CT molecular complexity index is 613. The summed E-state index contributed by atoms with van der Waals surface area (Å²) in [6.45, 7) is 0. The van der Waals surface area contributed by atoms with Crippen molar-refractivity contribution in [2.45, 2.75) is 4.90 Å². The number of carbonyl (C=O) groups is 1. The second-order valence-electron chi connectivity index (χ2n) is 3.31. The lowest BCUT2D eigenvalue weighted by atomic mass is 10.2. The number of carbonyl (C=O) groups excluding carboxylic acids is 1. The highest BCUT2D eigenvalue weighted by Crippen LogP contribution is 2.36. The van der Waals surface area contributed by atoms with Gasteiger partial charge in [-0.3, -0.25) is 4.31 Å². The summed E-state index contributed by atoms with van der Waals surface area (Å²) >= 11 is 1.13. The second kappa shape index (κ2) is 3.74. The molecular weight excluding hydrogens is 266 g/mol. The number of thiophene rings is 1. The van der Waals surface area contributed by atoms with Gasteiger partial charge in [0.15, 0.2) is 11.5 Å². The van der Waals surface area contributed by atoms with E-state index in [0.717, 1.165) is 22.8 Å². The van der Waals surface area contributed by atoms with Crippen LogP contribution >= 0.6 is 11.3 Å². The van der Waals surface area contributed by atoms with Crippen molar-refractivity contribution in [3.05, 3.63) is 22.0 Å². The molecule has 0 saturated carbocycles. The maximum absolute atomic E-state index is 12.0. The van der Waals surface area contributed by atoms with Crippen LogP contribution in [0.3, 0.4) is 0 Å². The molecule has 0 spiro atoms. The van der Waals surface area contributed by atoms with E-state index in [1.54, 1.807) is 0 Å². The minimum atomic E-state index is -3.79. The Morgan fingerprint density at radius 2 is 2.12 bits per heavy atom. The maximum Gasteiger partial charge on any atom is 0.359 e. The Hall–Kier alpha value is -1.54. The highest BCUT2D eigenvalue weighted by Gasteiger charge is 2.38. The first-order chi connectivity index (χ1) is 7.91. The number of hydrogen-bond donors (Lipinski definition) is 1. The van der Waals surface area contributed by atoms with E-state index in [0.29, 0.717) is 0 Å². The minimum Gasteiger partial charge on any atom is -0.505 e. The molecule has 6 nitrogen and oxygen atoms in total. The van der Waals surface area contributed by atoms with E-state index in [-0.39, 0.29) is 21.9 Å². The maximum atomic E-state index is 12.0. The molecule has 2 heterocycles. The van der Waals surface area contributed by atoms with E-state index in [2.05, 4.69) is 4.74 Å². The van der Waals surface area contributed by atoms with Gasteiger partial charge in [-0.1, -0.05) is 0 Å². The molecule has 8 heteroatoms. The summed E-state index contributed by atoms with van der Waals surface area (Å²) in [5.41, 5.74) is -0.244. The molecule has 17 heavy (non-hydrogen) atoms. The van der Waals surface area contributed by atoms with Crippen LogP contribution in [0.2, 0.25) is 0 Å². The van der Waals surface area contributed by atoms with Gasteiger partial charge in [-0.2, -0.15) is 11.3 Å². The fourth-order valence-corrected chi connectivity index (χ4v) is 4.07. The van der Waals surface area contributed by atoms with Crippen LogP contribution in [0.4, 0.5) is 0 Å². The molecule has 1 aliphatic rings. The lowest BCUT2D eigenvalue weighted by molar-refractivity contribution is -0.137. The first kappa shape index (κ1) is 11.9. The van der Waals surface area contributed by atoms with Crippen LogP contribution in [-0.4, -0.2) is 38.0 Å². The molecule has 1 aromatic rings. The third-order valence-corrected chi connectivity index (χ3v) is 5.13. The van der Waals surface area contributed by atoms with Crippen LogP contribution in [0.1, 0.15) is 5.56 Å². The summed E-state index contributed by atoms with van der Waals surface area (Å²) in [4.78, 5) is 11.5. The van der Waals surface area contributed by atoms with E-state index < -0.39 is 16.0 Å². The first-order valence-corrected chi connectivity index (χ1v) is 6.86. The fraction of sp³-hybridized carbons (Fsp3) is 0.222. The van der Waals surface area contributed by atoms with Crippen LogP contribution in [0, 0.1) is 0 Å². The number of rotatable bonds is 1. The summed E-state index contributed by atoms with van der Waals surface area (Å²) in [6.07, 6.45) is 0. The van der Waals surface area contributed by atoms with Gasteiger partial charge >= 0.3 is 5.97 Å². The summed E-state index contributed by atoms with van der Waals surface area (Å²) in [6, 6.07) is 0. The van der Waals surface area contributed by atoms with Gasteiger partial charge in [0, 0.05) is 17.8 Å². The molecule has 1 aliphatic heterocycles. The zero-order chi connectivity index (χ0) is 12.8. The molecule has 0 bridgehead atoms. The monoisotopic (exact) mass is 275 g/mol. The molecule has 0 amide bonds. The van der Waals surface area contributed by atoms with Gasteiger partial charge in [0.1, 0.15) is 4.90 Å². The Balaban J connectivity index is 2.77. The van der Waals surface area contributed by atoms with Crippen LogP contribution in [0.25, 0.3) is 5.76 Å². The number of sulfonamides is 1. The molecule has 0 atom stereocenters. The summed E-state index contributed by atoms with van der Waals surface area (Å²) in [5.74, 6) is -1.28. The molecule has 0 saturated heterocycles. The van der Waals surface area contributed by atoms with Gasteiger partial charge in [-0.15, -0.1) is 0 Å². The SMILES string of the molecule is COC(=O)C1=C(O)c2cscc2S(=O)(=O)N1C. The highest BCUT2D eigenvalue weighted by atomic mass is 32.2. The number of aliphatic hydroxyl groups is 1. The second-order valence-corrected chi connectivity index (χ2v) is 5.99. The fourth-order valence-electron chi connectivity index (χ4n) is 1.52.